The predicted molar refractivity (Wildman–Crippen MR) is 111 cm³/mol. The normalized spacial score (nSPS) is 20.3. The number of amidine groups is 1. The molecule has 162 valence electrons. The number of pyridine rings is 1. The molecule has 0 fully saturated rings. The minimum absolute atomic E-state index is 0.0156. The van der Waals surface area contributed by atoms with Gasteiger partial charge in [-0.1, -0.05) is 0 Å². The monoisotopic (exact) mass is 448 g/mol. The average molecular weight is 448 g/mol. The molecule has 1 aliphatic heterocycles. The van der Waals surface area contributed by atoms with Crippen molar-refractivity contribution in [3.63, 3.8) is 0 Å². The smallest absolute Gasteiger partial charge is 0.232 e. The molecule has 2 aromatic heterocycles. The van der Waals surface area contributed by atoms with Gasteiger partial charge < -0.3 is 15.8 Å². The Bertz CT molecular complexity index is 1280. The summed E-state index contributed by atoms with van der Waals surface area (Å²) in [6.45, 7) is -1.17. The number of rotatable bonds is 5. The first kappa shape index (κ1) is 20.8. The van der Waals surface area contributed by atoms with E-state index in [0.29, 0.717) is 28.4 Å². The Morgan fingerprint density at radius 3 is 2.81 bits per heavy atom. The van der Waals surface area contributed by atoms with E-state index in [1.807, 2.05) is 0 Å². The maximum atomic E-state index is 14.5. The number of hydrogen-bond acceptors (Lipinski definition) is 9. The standard InChI is InChI=1S/C19H18F2N6O3S/c1-30-16-8-24-17-13(26-16)4-5-23-19(17)25-10-2-3-12(21)11(6-10)14-9-31(28,29)15(7-20)18(22)27-14/h2-6,8,14-15H,7,9H2,1H3,(H2,22,27)(H,23,25). The van der Waals surface area contributed by atoms with E-state index in [-0.39, 0.29) is 11.4 Å². The maximum Gasteiger partial charge on any atom is 0.232 e. The summed E-state index contributed by atoms with van der Waals surface area (Å²) in [6.07, 6.45) is 2.97. The first-order chi connectivity index (χ1) is 14.8. The van der Waals surface area contributed by atoms with Crippen LogP contribution in [0.2, 0.25) is 0 Å². The van der Waals surface area contributed by atoms with E-state index in [2.05, 4.69) is 25.3 Å². The van der Waals surface area contributed by atoms with Crippen molar-refractivity contribution in [3.05, 3.63) is 48.0 Å². The second-order valence-corrected chi connectivity index (χ2v) is 9.07. The highest BCUT2D eigenvalue weighted by atomic mass is 32.2. The lowest BCUT2D eigenvalue weighted by Crippen LogP contribution is -2.44. The van der Waals surface area contributed by atoms with Crippen LogP contribution in [0.15, 0.2) is 41.7 Å². The zero-order valence-corrected chi connectivity index (χ0v) is 17.1. The number of nitrogens with zero attached hydrogens (tertiary/aromatic N) is 4. The Morgan fingerprint density at radius 1 is 1.29 bits per heavy atom. The average Bonchev–Trinajstić information content (AvgIpc) is 2.74. The van der Waals surface area contributed by atoms with E-state index >= 15 is 0 Å². The topological polar surface area (TPSA) is 132 Å². The predicted octanol–water partition coefficient (Wildman–Crippen LogP) is 2.08. The number of ether oxygens (including phenoxy) is 1. The number of benzene rings is 1. The van der Waals surface area contributed by atoms with Crippen LogP contribution in [-0.2, 0) is 9.84 Å². The van der Waals surface area contributed by atoms with Gasteiger partial charge in [-0.2, -0.15) is 0 Å². The number of fused-ring (bicyclic) bond motifs is 1. The Balaban J connectivity index is 1.70. The number of nitrogens with one attached hydrogen (secondary N) is 1. The fourth-order valence-electron chi connectivity index (χ4n) is 3.29. The molecule has 1 aliphatic rings. The van der Waals surface area contributed by atoms with Gasteiger partial charge in [-0.15, -0.1) is 0 Å². The highest BCUT2D eigenvalue weighted by Crippen LogP contribution is 2.31. The number of methoxy groups -OCH3 is 1. The zero-order valence-electron chi connectivity index (χ0n) is 16.3. The number of halogens is 2. The number of nitrogens with two attached hydrogens (primary N) is 1. The van der Waals surface area contributed by atoms with E-state index in [9.17, 15) is 17.2 Å². The number of sulfone groups is 1. The van der Waals surface area contributed by atoms with Crippen molar-refractivity contribution in [1.29, 1.82) is 0 Å². The van der Waals surface area contributed by atoms with E-state index in [1.54, 1.807) is 6.07 Å². The summed E-state index contributed by atoms with van der Waals surface area (Å²) in [5.74, 6) is -0.857. The number of anilines is 2. The molecule has 2 unspecified atom stereocenters. The van der Waals surface area contributed by atoms with Gasteiger partial charge >= 0.3 is 0 Å². The van der Waals surface area contributed by atoms with E-state index in [1.165, 1.54) is 37.7 Å². The molecule has 9 nitrogen and oxygen atoms in total. The van der Waals surface area contributed by atoms with Gasteiger partial charge in [0, 0.05) is 17.4 Å². The van der Waals surface area contributed by atoms with Crippen molar-refractivity contribution in [2.24, 2.45) is 10.7 Å². The first-order valence-corrected chi connectivity index (χ1v) is 10.9. The van der Waals surface area contributed by atoms with Gasteiger partial charge in [0.25, 0.3) is 0 Å². The molecular formula is C19H18F2N6O3S. The summed E-state index contributed by atoms with van der Waals surface area (Å²) < 4.78 is 57.3. The molecule has 0 bridgehead atoms. The molecule has 0 saturated heterocycles. The summed E-state index contributed by atoms with van der Waals surface area (Å²) in [7, 11) is -2.43. The van der Waals surface area contributed by atoms with Gasteiger partial charge in [0.15, 0.2) is 15.7 Å². The molecule has 12 heteroatoms. The second kappa shape index (κ2) is 8.02. The molecule has 3 N–H and O–H groups in total. The second-order valence-electron chi connectivity index (χ2n) is 6.84. The molecule has 0 amide bonds. The van der Waals surface area contributed by atoms with Crippen LogP contribution in [-0.4, -0.2) is 54.0 Å². The zero-order chi connectivity index (χ0) is 22.2. The van der Waals surface area contributed by atoms with Gasteiger partial charge in [-0.25, -0.2) is 32.2 Å². The summed E-state index contributed by atoms with van der Waals surface area (Å²) in [4.78, 5) is 16.9. The van der Waals surface area contributed by atoms with Crippen LogP contribution in [0.3, 0.4) is 0 Å². The molecule has 3 heterocycles. The first-order valence-electron chi connectivity index (χ1n) is 9.15. The lowest BCUT2D eigenvalue weighted by Gasteiger charge is -2.25. The number of aliphatic imine (C=N–C) groups is 1. The highest BCUT2D eigenvalue weighted by Gasteiger charge is 2.37. The molecule has 31 heavy (non-hydrogen) atoms. The Kier molecular flexibility index (Phi) is 5.39. The van der Waals surface area contributed by atoms with Gasteiger partial charge in [0.2, 0.25) is 5.88 Å². The van der Waals surface area contributed by atoms with Crippen LogP contribution in [0, 0.1) is 5.82 Å². The number of hydrogen-bond donors (Lipinski definition) is 2. The van der Waals surface area contributed by atoms with Crippen LogP contribution in [0.4, 0.5) is 20.3 Å². The van der Waals surface area contributed by atoms with Crippen molar-refractivity contribution in [3.8, 4) is 5.88 Å². The van der Waals surface area contributed by atoms with Crippen LogP contribution in [0.5, 0.6) is 5.88 Å². The minimum Gasteiger partial charge on any atom is -0.480 e. The third kappa shape index (κ3) is 3.98. The molecular weight excluding hydrogens is 430 g/mol. The highest BCUT2D eigenvalue weighted by molar-refractivity contribution is 7.92. The van der Waals surface area contributed by atoms with Crippen LogP contribution < -0.4 is 15.8 Å². The van der Waals surface area contributed by atoms with Gasteiger partial charge in [-0.05, 0) is 24.3 Å². The lowest BCUT2D eigenvalue weighted by atomic mass is 10.1. The third-order valence-corrected chi connectivity index (χ3v) is 6.88. The van der Waals surface area contributed by atoms with Crippen LogP contribution >= 0.6 is 0 Å². The van der Waals surface area contributed by atoms with Crippen molar-refractivity contribution in [1.82, 2.24) is 15.0 Å². The fourth-order valence-corrected chi connectivity index (χ4v) is 4.83. The Labute approximate surface area is 176 Å². The molecule has 1 aromatic carbocycles. The number of alkyl halides is 1. The molecule has 0 aliphatic carbocycles. The lowest BCUT2D eigenvalue weighted by molar-refractivity contribution is 0.397. The quantitative estimate of drug-likeness (QED) is 0.606. The molecule has 2 atom stereocenters. The van der Waals surface area contributed by atoms with Gasteiger partial charge in [-0.3, -0.25) is 4.99 Å². The van der Waals surface area contributed by atoms with Crippen molar-refractivity contribution >= 4 is 38.2 Å². The summed E-state index contributed by atoms with van der Waals surface area (Å²) >= 11 is 0. The summed E-state index contributed by atoms with van der Waals surface area (Å²) in [5, 5.41) is 1.54. The van der Waals surface area contributed by atoms with Crippen LogP contribution in [0.1, 0.15) is 11.6 Å². The van der Waals surface area contributed by atoms with Crippen LogP contribution in [0.25, 0.3) is 11.0 Å². The maximum absolute atomic E-state index is 14.5. The number of aromatic nitrogens is 3. The molecule has 3 aromatic rings. The van der Waals surface area contributed by atoms with Gasteiger partial charge in [0.05, 0.1) is 30.6 Å². The van der Waals surface area contributed by atoms with Crippen molar-refractivity contribution in [2.75, 3.05) is 24.9 Å². The summed E-state index contributed by atoms with van der Waals surface area (Å²) in [5.41, 5.74) is 7.08. The fraction of sp³-hybridized carbons (Fsp3) is 0.263. The molecule has 0 spiro atoms. The van der Waals surface area contributed by atoms with Crippen molar-refractivity contribution in [2.45, 2.75) is 11.3 Å². The Morgan fingerprint density at radius 2 is 2.10 bits per heavy atom. The van der Waals surface area contributed by atoms with E-state index in [0.717, 1.165) is 0 Å². The Hall–Kier alpha value is -3.41. The van der Waals surface area contributed by atoms with E-state index in [4.69, 9.17) is 10.5 Å². The van der Waals surface area contributed by atoms with E-state index < -0.39 is 39.4 Å². The molecule has 0 radical (unpaired) electrons. The van der Waals surface area contributed by atoms with Gasteiger partial charge in [0.1, 0.15) is 29.1 Å². The minimum atomic E-state index is -3.90. The summed E-state index contributed by atoms with van der Waals surface area (Å²) in [6, 6.07) is 4.64. The SMILES string of the molecule is COc1cnc2c(Nc3ccc(F)c(C4CS(=O)(=O)C(CF)C(N)=N4)c3)nccc2n1. The van der Waals surface area contributed by atoms with Crippen molar-refractivity contribution < 1.29 is 21.9 Å². The largest absolute Gasteiger partial charge is 0.480 e. The third-order valence-electron chi connectivity index (χ3n) is 4.86. The molecule has 0 saturated carbocycles. The molecule has 4 rings (SSSR count).